The van der Waals surface area contributed by atoms with Crippen molar-refractivity contribution in [1.29, 1.82) is 5.26 Å². The van der Waals surface area contributed by atoms with E-state index in [-0.39, 0.29) is 5.41 Å². The Labute approximate surface area is 149 Å². The van der Waals surface area contributed by atoms with Crippen LogP contribution in [0.3, 0.4) is 0 Å². The maximum Gasteiger partial charge on any atom is 0.108 e. The lowest BCUT2D eigenvalue weighted by molar-refractivity contribution is 0.278. The number of rotatable bonds is 2. The molecule has 1 N–H and O–H groups in total. The molecule has 3 nitrogen and oxygen atoms in total. The van der Waals surface area contributed by atoms with E-state index >= 15 is 0 Å². The first-order valence-electron chi connectivity index (χ1n) is 9.19. The lowest BCUT2D eigenvalue weighted by Gasteiger charge is -2.42. The van der Waals surface area contributed by atoms with Gasteiger partial charge in [0.1, 0.15) is 5.84 Å². The molecule has 2 aromatic carbocycles. The molecule has 4 rings (SSSR count). The summed E-state index contributed by atoms with van der Waals surface area (Å²) in [5, 5.41) is 12.9. The largest absolute Gasteiger partial charge is 0.343 e. The van der Waals surface area contributed by atoms with Crippen molar-refractivity contribution in [3.63, 3.8) is 0 Å². The second-order valence-corrected chi connectivity index (χ2v) is 7.23. The van der Waals surface area contributed by atoms with Crippen molar-refractivity contribution in [2.45, 2.75) is 45.1 Å². The van der Waals surface area contributed by atoms with Crippen LogP contribution in [0.1, 0.15) is 48.8 Å². The molecule has 1 aliphatic carbocycles. The molecule has 0 amide bonds. The molecule has 1 saturated carbocycles. The molecule has 2 aromatic rings. The molecule has 0 bridgehead atoms. The first kappa shape index (κ1) is 15.9. The number of hydrogen-bond donors (Lipinski definition) is 1. The minimum atomic E-state index is 0.147. The topological polar surface area (TPSA) is 48.2 Å². The van der Waals surface area contributed by atoms with Crippen molar-refractivity contribution in [3.05, 3.63) is 65.2 Å². The van der Waals surface area contributed by atoms with Crippen LogP contribution in [0.2, 0.25) is 0 Å². The van der Waals surface area contributed by atoms with E-state index in [0.717, 1.165) is 23.4 Å². The smallest absolute Gasteiger partial charge is 0.108 e. The second kappa shape index (κ2) is 6.72. The fourth-order valence-corrected chi connectivity index (χ4v) is 4.29. The molecular formula is C22H23N3. The molecule has 0 aromatic heterocycles. The molecule has 0 radical (unpaired) electrons. The van der Waals surface area contributed by atoms with Crippen LogP contribution in [0, 0.1) is 16.7 Å². The summed E-state index contributed by atoms with van der Waals surface area (Å²) in [7, 11) is 0. The Morgan fingerprint density at radius 1 is 1.00 bits per heavy atom. The van der Waals surface area contributed by atoms with Gasteiger partial charge in [0.25, 0.3) is 0 Å². The van der Waals surface area contributed by atoms with Gasteiger partial charge in [-0.2, -0.15) is 5.26 Å². The zero-order valence-corrected chi connectivity index (χ0v) is 14.5. The number of amidine groups is 1. The fraction of sp³-hybridized carbons (Fsp3) is 0.364. The third-order valence-corrected chi connectivity index (χ3v) is 5.66. The molecule has 1 heterocycles. The Hall–Kier alpha value is -2.60. The minimum Gasteiger partial charge on any atom is -0.343 e. The number of aliphatic imine (C=N–C) groups is 1. The lowest BCUT2D eigenvalue weighted by Crippen LogP contribution is -2.43. The normalized spacial score (nSPS) is 19.9. The van der Waals surface area contributed by atoms with E-state index < -0.39 is 0 Å². The number of para-hydroxylation sites is 1. The van der Waals surface area contributed by atoms with Gasteiger partial charge in [-0.25, -0.2) is 0 Å². The molecule has 126 valence electrons. The van der Waals surface area contributed by atoms with Gasteiger partial charge in [-0.1, -0.05) is 55.7 Å². The van der Waals surface area contributed by atoms with Crippen molar-refractivity contribution in [1.82, 2.24) is 0 Å². The van der Waals surface area contributed by atoms with Crippen molar-refractivity contribution in [3.8, 4) is 6.07 Å². The zero-order chi connectivity index (χ0) is 17.1. The highest BCUT2D eigenvalue weighted by molar-refractivity contribution is 6.02. The molecule has 25 heavy (non-hydrogen) atoms. The van der Waals surface area contributed by atoms with E-state index in [1.165, 1.54) is 43.4 Å². The maximum absolute atomic E-state index is 9.31. The monoisotopic (exact) mass is 329 g/mol. The van der Waals surface area contributed by atoms with Crippen molar-refractivity contribution < 1.29 is 0 Å². The average molecular weight is 329 g/mol. The summed E-state index contributed by atoms with van der Waals surface area (Å²) >= 11 is 0. The van der Waals surface area contributed by atoms with Crippen LogP contribution in [-0.4, -0.2) is 5.84 Å². The van der Waals surface area contributed by atoms with E-state index in [1.54, 1.807) is 0 Å². The van der Waals surface area contributed by atoms with Crippen molar-refractivity contribution in [2.24, 2.45) is 10.4 Å². The molecule has 0 unspecified atom stereocenters. The predicted molar refractivity (Wildman–Crippen MR) is 102 cm³/mol. The van der Waals surface area contributed by atoms with Crippen LogP contribution in [0.5, 0.6) is 0 Å². The van der Waals surface area contributed by atoms with Crippen LogP contribution in [0.4, 0.5) is 5.69 Å². The zero-order valence-electron chi connectivity index (χ0n) is 14.5. The number of fused-ring (bicyclic) bond motifs is 1. The molecule has 1 spiro atoms. The molecule has 1 aliphatic heterocycles. The Kier molecular flexibility index (Phi) is 4.28. The molecular weight excluding hydrogens is 306 g/mol. The first-order valence-corrected chi connectivity index (χ1v) is 9.19. The van der Waals surface area contributed by atoms with E-state index in [0.29, 0.717) is 6.54 Å². The molecule has 3 heteroatoms. The van der Waals surface area contributed by atoms with Crippen LogP contribution < -0.4 is 5.32 Å². The van der Waals surface area contributed by atoms with E-state index in [9.17, 15) is 5.26 Å². The second-order valence-electron chi connectivity index (χ2n) is 7.23. The summed E-state index contributed by atoms with van der Waals surface area (Å²) in [6.45, 7) is 0.565. The lowest BCUT2D eigenvalue weighted by atomic mass is 9.67. The molecule has 0 saturated heterocycles. The maximum atomic E-state index is 9.31. The van der Waals surface area contributed by atoms with E-state index in [4.69, 9.17) is 4.99 Å². The van der Waals surface area contributed by atoms with Crippen LogP contribution >= 0.6 is 0 Å². The van der Waals surface area contributed by atoms with Crippen molar-refractivity contribution >= 4 is 11.5 Å². The summed E-state index contributed by atoms with van der Waals surface area (Å²) in [4.78, 5) is 4.99. The van der Waals surface area contributed by atoms with Crippen LogP contribution in [0.25, 0.3) is 0 Å². The van der Waals surface area contributed by atoms with Gasteiger partial charge in [0, 0.05) is 11.1 Å². The van der Waals surface area contributed by atoms with E-state index in [1.807, 2.05) is 24.3 Å². The Morgan fingerprint density at radius 2 is 1.76 bits per heavy atom. The number of nitriles is 1. The van der Waals surface area contributed by atoms with Gasteiger partial charge in [-0.05, 0) is 42.5 Å². The quantitative estimate of drug-likeness (QED) is 0.835. The summed E-state index contributed by atoms with van der Waals surface area (Å²) in [5.41, 5.74) is 4.46. The highest BCUT2D eigenvalue weighted by Crippen LogP contribution is 2.45. The Balaban J connectivity index is 1.69. The standard InChI is InChI=1S/C22H23N3/c23-15-18-9-2-3-10-19(18)16-24-21-22(12-6-1-7-13-22)14-17-8-4-5-11-20(17)25-21/h2-5,8-11H,1,6-7,12-14,16H2,(H,24,25). The van der Waals surface area contributed by atoms with Crippen LogP contribution in [0.15, 0.2) is 53.5 Å². The van der Waals surface area contributed by atoms with Crippen LogP contribution in [-0.2, 0) is 13.0 Å². The third kappa shape index (κ3) is 3.05. The van der Waals surface area contributed by atoms with Gasteiger partial charge in [-0.3, -0.25) is 4.99 Å². The third-order valence-electron chi connectivity index (χ3n) is 5.66. The molecule has 2 aliphatic rings. The summed E-state index contributed by atoms with van der Waals surface area (Å²) in [6, 6.07) is 18.6. The van der Waals surface area contributed by atoms with E-state index in [2.05, 4.69) is 35.7 Å². The summed E-state index contributed by atoms with van der Waals surface area (Å²) in [6.07, 6.45) is 7.36. The summed E-state index contributed by atoms with van der Waals surface area (Å²) in [5.74, 6) is 1.12. The van der Waals surface area contributed by atoms with Crippen molar-refractivity contribution in [2.75, 3.05) is 5.32 Å². The number of benzene rings is 2. The van der Waals surface area contributed by atoms with Gasteiger partial charge in [0.2, 0.25) is 0 Å². The predicted octanol–water partition coefficient (Wildman–Crippen LogP) is 5.08. The molecule has 1 fully saturated rings. The highest BCUT2D eigenvalue weighted by Gasteiger charge is 2.40. The number of nitrogens with zero attached hydrogens (tertiary/aromatic N) is 2. The minimum absolute atomic E-state index is 0.147. The van der Waals surface area contributed by atoms with Gasteiger partial charge < -0.3 is 5.32 Å². The summed E-state index contributed by atoms with van der Waals surface area (Å²) < 4.78 is 0. The average Bonchev–Trinajstić information content (AvgIpc) is 2.67. The van der Waals surface area contributed by atoms with Gasteiger partial charge >= 0.3 is 0 Å². The highest BCUT2D eigenvalue weighted by atomic mass is 15.0. The fourth-order valence-electron chi connectivity index (χ4n) is 4.29. The van der Waals surface area contributed by atoms with Gasteiger partial charge in [0.05, 0.1) is 18.2 Å². The van der Waals surface area contributed by atoms with Gasteiger partial charge in [0.15, 0.2) is 0 Å². The number of hydrogen-bond acceptors (Lipinski definition) is 2. The Bertz CT molecular complexity index is 838. The number of nitrogens with one attached hydrogen (secondary N) is 1. The number of anilines is 1. The Morgan fingerprint density at radius 3 is 2.60 bits per heavy atom. The SMILES string of the molecule is N#Cc1ccccc1CN=C1Nc2ccccc2CC12CCCCC2. The molecule has 0 atom stereocenters. The first-order chi connectivity index (χ1) is 12.3. The van der Waals surface area contributed by atoms with Gasteiger partial charge in [-0.15, -0.1) is 0 Å².